The van der Waals surface area contributed by atoms with Gasteiger partial charge in [-0.25, -0.2) is 4.79 Å². The lowest BCUT2D eigenvalue weighted by molar-refractivity contribution is -0.153. The van der Waals surface area contributed by atoms with Gasteiger partial charge < -0.3 is 13.9 Å². The van der Waals surface area contributed by atoms with Gasteiger partial charge in [0.15, 0.2) is 6.10 Å². The number of carbonyl (C=O) groups is 1. The highest BCUT2D eigenvalue weighted by Gasteiger charge is 2.13. The molecule has 0 saturated carbocycles. The Kier molecular flexibility index (Phi) is 3.52. The molecule has 4 heteroatoms. The fourth-order valence-corrected chi connectivity index (χ4v) is 0.836. The Bertz CT molecular complexity index is 253. The van der Waals surface area contributed by atoms with E-state index in [0.29, 0.717) is 5.76 Å². The summed E-state index contributed by atoms with van der Waals surface area (Å²) in [5.41, 5.74) is 0. The predicted octanol–water partition coefficient (Wildman–Crippen LogP) is 1.36. The summed E-state index contributed by atoms with van der Waals surface area (Å²) in [5, 5.41) is 0. The van der Waals surface area contributed by atoms with E-state index in [4.69, 9.17) is 9.15 Å². The van der Waals surface area contributed by atoms with Gasteiger partial charge in [0, 0.05) is 0 Å². The predicted molar refractivity (Wildman–Crippen MR) is 45.0 cm³/mol. The zero-order chi connectivity index (χ0) is 9.68. The van der Waals surface area contributed by atoms with Crippen molar-refractivity contribution in [2.45, 2.75) is 19.6 Å². The number of carbonyl (C=O) groups excluding carboxylic acids is 1. The highest BCUT2D eigenvalue weighted by atomic mass is 16.6. The minimum absolute atomic E-state index is 0.281. The first-order chi connectivity index (χ1) is 6.24. The van der Waals surface area contributed by atoms with Crippen molar-refractivity contribution in [3.05, 3.63) is 24.2 Å². The normalized spacial score (nSPS) is 12.5. The summed E-state index contributed by atoms with van der Waals surface area (Å²) < 4.78 is 14.7. The Hall–Kier alpha value is -1.29. The number of hydrogen-bond acceptors (Lipinski definition) is 4. The molecule has 0 aliphatic rings. The SMILES string of the molecule is COC(=O)[C@@H](C)OCc1ccco1. The molecule has 0 saturated heterocycles. The maximum absolute atomic E-state index is 10.9. The third-order valence-electron chi connectivity index (χ3n) is 1.59. The second kappa shape index (κ2) is 4.67. The molecule has 13 heavy (non-hydrogen) atoms. The molecule has 1 atom stereocenters. The van der Waals surface area contributed by atoms with Crippen molar-refractivity contribution in [2.24, 2.45) is 0 Å². The Morgan fingerprint density at radius 1 is 1.69 bits per heavy atom. The first kappa shape index (κ1) is 9.80. The number of esters is 1. The molecule has 0 spiro atoms. The first-order valence-electron chi connectivity index (χ1n) is 3.96. The topological polar surface area (TPSA) is 48.7 Å². The standard InChI is InChI=1S/C9H12O4/c1-7(9(10)11-2)13-6-8-4-3-5-12-8/h3-5,7H,6H2,1-2H3/t7-/m1/s1. The number of methoxy groups -OCH3 is 1. The molecular weight excluding hydrogens is 172 g/mol. The van der Waals surface area contributed by atoms with Gasteiger partial charge in [-0.2, -0.15) is 0 Å². The lowest BCUT2D eigenvalue weighted by atomic mass is 10.4. The zero-order valence-electron chi connectivity index (χ0n) is 7.65. The second-order valence-electron chi connectivity index (χ2n) is 2.56. The molecule has 0 aliphatic carbocycles. The summed E-state index contributed by atoms with van der Waals surface area (Å²) in [4.78, 5) is 10.9. The van der Waals surface area contributed by atoms with E-state index in [-0.39, 0.29) is 12.6 Å². The molecule has 1 heterocycles. The molecule has 1 rings (SSSR count). The molecule has 0 unspecified atom stereocenters. The third-order valence-corrected chi connectivity index (χ3v) is 1.59. The fraction of sp³-hybridized carbons (Fsp3) is 0.444. The summed E-state index contributed by atoms with van der Waals surface area (Å²) in [7, 11) is 1.33. The van der Waals surface area contributed by atoms with Crippen molar-refractivity contribution in [3.63, 3.8) is 0 Å². The van der Waals surface area contributed by atoms with Crippen LogP contribution in [-0.4, -0.2) is 19.2 Å². The van der Waals surface area contributed by atoms with Gasteiger partial charge in [-0.3, -0.25) is 0 Å². The maximum Gasteiger partial charge on any atom is 0.334 e. The monoisotopic (exact) mass is 184 g/mol. The first-order valence-corrected chi connectivity index (χ1v) is 3.96. The summed E-state index contributed by atoms with van der Waals surface area (Å²) in [6.45, 7) is 1.91. The zero-order valence-corrected chi connectivity index (χ0v) is 7.65. The largest absolute Gasteiger partial charge is 0.467 e. The van der Waals surface area contributed by atoms with Crippen molar-refractivity contribution >= 4 is 5.97 Å². The maximum atomic E-state index is 10.9. The van der Waals surface area contributed by atoms with E-state index in [1.54, 1.807) is 25.3 Å². The molecule has 0 N–H and O–H groups in total. The molecule has 1 aromatic heterocycles. The van der Waals surface area contributed by atoms with Crippen molar-refractivity contribution in [3.8, 4) is 0 Å². The van der Waals surface area contributed by atoms with Crippen LogP contribution in [0.1, 0.15) is 12.7 Å². The van der Waals surface area contributed by atoms with Gasteiger partial charge in [0.25, 0.3) is 0 Å². The Morgan fingerprint density at radius 2 is 2.46 bits per heavy atom. The highest BCUT2D eigenvalue weighted by Crippen LogP contribution is 2.04. The van der Waals surface area contributed by atoms with Crippen LogP contribution in [0.25, 0.3) is 0 Å². The van der Waals surface area contributed by atoms with Crippen LogP contribution >= 0.6 is 0 Å². The molecule has 0 radical (unpaired) electrons. The van der Waals surface area contributed by atoms with E-state index in [1.807, 2.05) is 0 Å². The number of hydrogen-bond donors (Lipinski definition) is 0. The van der Waals surface area contributed by atoms with Crippen LogP contribution in [-0.2, 0) is 20.9 Å². The van der Waals surface area contributed by atoms with Gasteiger partial charge in [-0.1, -0.05) is 0 Å². The van der Waals surface area contributed by atoms with Gasteiger partial charge in [-0.05, 0) is 19.1 Å². The fourth-order valence-electron chi connectivity index (χ4n) is 0.836. The van der Waals surface area contributed by atoms with Gasteiger partial charge in [0.05, 0.1) is 13.4 Å². The minimum atomic E-state index is -0.560. The molecule has 0 aliphatic heterocycles. The molecule has 72 valence electrons. The average Bonchev–Trinajstić information content (AvgIpc) is 2.65. The van der Waals surface area contributed by atoms with Gasteiger partial charge in [-0.15, -0.1) is 0 Å². The van der Waals surface area contributed by atoms with Gasteiger partial charge in [0.1, 0.15) is 12.4 Å². The summed E-state index contributed by atoms with van der Waals surface area (Å²) in [5.74, 6) is 0.308. The third kappa shape index (κ3) is 2.91. The van der Waals surface area contributed by atoms with Crippen LogP contribution in [0.5, 0.6) is 0 Å². The van der Waals surface area contributed by atoms with Crippen molar-refractivity contribution in [1.29, 1.82) is 0 Å². The van der Waals surface area contributed by atoms with Crippen LogP contribution in [0.4, 0.5) is 0 Å². The highest BCUT2D eigenvalue weighted by molar-refractivity contribution is 5.73. The van der Waals surface area contributed by atoms with Crippen molar-refractivity contribution in [1.82, 2.24) is 0 Å². The smallest absolute Gasteiger partial charge is 0.334 e. The molecule has 1 aromatic rings. The molecule has 4 nitrogen and oxygen atoms in total. The number of ether oxygens (including phenoxy) is 2. The molecule has 0 amide bonds. The average molecular weight is 184 g/mol. The van der Waals surface area contributed by atoms with Crippen LogP contribution in [0.3, 0.4) is 0 Å². The lowest BCUT2D eigenvalue weighted by Crippen LogP contribution is -2.21. The molecule has 0 aromatic carbocycles. The molecular formula is C9H12O4. The summed E-state index contributed by atoms with van der Waals surface area (Å²) in [6.07, 6.45) is 0.997. The summed E-state index contributed by atoms with van der Waals surface area (Å²) >= 11 is 0. The Labute approximate surface area is 76.4 Å². The number of rotatable bonds is 4. The lowest BCUT2D eigenvalue weighted by Gasteiger charge is -2.08. The quantitative estimate of drug-likeness (QED) is 0.663. The van der Waals surface area contributed by atoms with E-state index in [9.17, 15) is 4.79 Å². The van der Waals surface area contributed by atoms with Crippen LogP contribution in [0, 0.1) is 0 Å². The van der Waals surface area contributed by atoms with E-state index in [0.717, 1.165) is 0 Å². The van der Waals surface area contributed by atoms with Crippen LogP contribution in [0.15, 0.2) is 22.8 Å². The Balaban J connectivity index is 2.30. The second-order valence-corrected chi connectivity index (χ2v) is 2.56. The van der Waals surface area contributed by atoms with E-state index in [1.165, 1.54) is 7.11 Å². The van der Waals surface area contributed by atoms with Crippen LogP contribution in [0.2, 0.25) is 0 Å². The van der Waals surface area contributed by atoms with Gasteiger partial charge in [0.2, 0.25) is 0 Å². The van der Waals surface area contributed by atoms with E-state index >= 15 is 0 Å². The summed E-state index contributed by atoms with van der Waals surface area (Å²) in [6, 6.07) is 3.55. The minimum Gasteiger partial charge on any atom is -0.467 e. The van der Waals surface area contributed by atoms with E-state index in [2.05, 4.69) is 4.74 Å². The van der Waals surface area contributed by atoms with Crippen molar-refractivity contribution in [2.75, 3.05) is 7.11 Å². The van der Waals surface area contributed by atoms with Crippen LogP contribution < -0.4 is 0 Å². The number of furan rings is 1. The Morgan fingerprint density at radius 3 is 3.00 bits per heavy atom. The van der Waals surface area contributed by atoms with Gasteiger partial charge >= 0.3 is 5.97 Å². The van der Waals surface area contributed by atoms with E-state index < -0.39 is 6.10 Å². The van der Waals surface area contributed by atoms with Crippen molar-refractivity contribution < 1.29 is 18.7 Å². The molecule has 0 bridgehead atoms. The molecule has 0 fully saturated rings.